The van der Waals surface area contributed by atoms with Crippen LogP contribution < -0.4 is 5.32 Å². The van der Waals surface area contributed by atoms with Gasteiger partial charge in [-0.3, -0.25) is 9.59 Å². The number of hydrogen-bond donors (Lipinski definition) is 1. The number of amides is 1. The molecule has 0 aromatic rings. The fourth-order valence-corrected chi connectivity index (χ4v) is 1.54. The van der Waals surface area contributed by atoms with E-state index in [0.29, 0.717) is 24.8 Å². The molecule has 0 saturated heterocycles. The average molecular weight is 255 g/mol. The molecule has 1 N–H and O–H groups in total. The van der Waals surface area contributed by atoms with Crippen molar-refractivity contribution in [3.05, 3.63) is 0 Å². The van der Waals surface area contributed by atoms with E-state index >= 15 is 0 Å². The highest BCUT2D eigenvalue weighted by Gasteiger charge is 2.21. The van der Waals surface area contributed by atoms with E-state index in [1.54, 1.807) is 0 Å². The molecule has 0 aliphatic rings. The number of ketones is 1. The Hall–Kier alpha value is -0.860. The molecule has 0 heterocycles. The first-order chi connectivity index (χ1) is 8.02. The molecular formula is C15H29NO2. The standard InChI is InChI=1S/C15H29NO2/c1-14(2,3)10-7-11-16-13(18)9-8-12(17)15(4,5)6/h7-11H2,1-6H3,(H,16,18). The fraction of sp³-hybridized carbons (Fsp3) is 0.867. The molecule has 0 radical (unpaired) electrons. The normalized spacial score (nSPS) is 12.3. The third kappa shape index (κ3) is 9.20. The smallest absolute Gasteiger partial charge is 0.220 e. The number of carbonyl (C=O) groups excluding carboxylic acids is 2. The van der Waals surface area contributed by atoms with Gasteiger partial charge in [0.2, 0.25) is 5.91 Å². The zero-order valence-electron chi connectivity index (χ0n) is 12.9. The molecule has 0 spiro atoms. The maximum absolute atomic E-state index is 11.7. The van der Waals surface area contributed by atoms with E-state index in [1.165, 1.54) is 0 Å². The first-order valence-corrected chi connectivity index (χ1v) is 6.82. The molecule has 3 heteroatoms. The summed E-state index contributed by atoms with van der Waals surface area (Å²) in [5.74, 6) is 0.133. The summed E-state index contributed by atoms with van der Waals surface area (Å²) in [5, 5.41) is 2.87. The number of Topliss-reactive ketones (excluding diaryl/α,β-unsaturated/α-hetero) is 1. The van der Waals surface area contributed by atoms with Crippen molar-refractivity contribution in [2.24, 2.45) is 10.8 Å². The van der Waals surface area contributed by atoms with E-state index in [0.717, 1.165) is 12.8 Å². The molecule has 0 bridgehead atoms. The van der Waals surface area contributed by atoms with Gasteiger partial charge in [-0.15, -0.1) is 0 Å². The Morgan fingerprint density at radius 1 is 0.944 bits per heavy atom. The molecule has 0 rings (SSSR count). The van der Waals surface area contributed by atoms with Crippen LogP contribution in [0.3, 0.4) is 0 Å². The summed E-state index contributed by atoms with van der Waals surface area (Å²) in [6, 6.07) is 0. The summed E-state index contributed by atoms with van der Waals surface area (Å²) in [4.78, 5) is 23.2. The fourth-order valence-electron chi connectivity index (χ4n) is 1.54. The second-order valence-corrected chi connectivity index (χ2v) is 7.19. The van der Waals surface area contributed by atoms with Gasteiger partial charge in [-0.2, -0.15) is 0 Å². The van der Waals surface area contributed by atoms with Crippen molar-refractivity contribution < 1.29 is 9.59 Å². The lowest BCUT2D eigenvalue weighted by atomic mass is 9.88. The minimum atomic E-state index is -0.341. The maximum Gasteiger partial charge on any atom is 0.220 e. The summed E-state index contributed by atoms with van der Waals surface area (Å²) < 4.78 is 0. The Kier molecular flexibility index (Phi) is 6.58. The van der Waals surface area contributed by atoms with E-state index < -0.39 is 0 Å². The minimum absolute atomic E-state index is 0.0125. The highest BCUT2D eigenvalue weighted by Crippen LogP contribution is 2.20. The third-order valence-corrected chi connectivity index (χ3v) is 2.84. The second kappa shape index (κ2) is 6.91. The summed E-state index contributed by atoms with van der Waals surface area (Å²) in [6.45, 7) is 12.9. The first kappa shape index (κ1) is 17.1. The zero-order chi connectivity index (χ0) is 14.4. The van der Waals surface area contributed by atoms with Crippen LogP contribution in [0, 0.1) is 10.8 Å². The van der Waals surface area contributed by atoms with Gasteiger partial charge < -0.3 is 5.32 Å². The number of hydrogen-bond acceptors (Lipinski definition) is 2. The first-order valence-electron chi connectivity index (χ1n) is 6.82. The Labute approximate surface area is 112 Å². The molecular weight excluding hydrogens is 226 g/mol. The van der Waals surface area contributed by atoms with E-state index in [1.807, 2.05) is 20.8 Å². The van der Waals surface area contributed by atoms with E-state index in [9.17, 15) is 9.59 Å². The van der Waals surface area contributed by atoms with Crippen molar-refractivity contribution in [1.29, 1.82) is 0 Å². The Morgan fingerprint density at radius 2 is 1.50 bits per heavy atom. The lowest BCUT2D eigenvalue weighted by Gasteiger charge is -2.18. The van der Waals surface area contributed by atoms with Crippen LogP contribution >= 0.6 is 0 Å². The largest absolute Gasteiger partial charge is 0.356 e. The van der Waals surface area contributed by atoms with E-state index in [-0.39, 0.29) is 17.1 Å². The van der Waals surface area contributed by atoms with Crippen molar-refractivity contribution in [3.8, 4) is 0 Å². The molecule has 0 unspecified atom stereocenters. The zero-order valence-corrected chi connectivity index (χ0v) is 12.9. The van der Waals surface area contributed by atoms with Gasteiger partial charge in [0.25, 0.3) is 0 Å². The molecule has 3 nitrogen and oxygen atoms in total. The van der Waals surface area contributed by atoms with Crippen LogP contribution in [0.4, 0.5) is 0 Å². The molecule has 0 fully saturated rings. The van der Waals surface area contributed by atoms with Gasteiger partial charge >= 0.3 is 0 Å². The third-order valence-electron chi connectivity index (χ3n) is 2.84. The maximum atomic E-state index is 11.7. The predicted molar refractivity (Wildman–Crippen MR) is 75.4 cm³/mol. The number of nitrogens with one attached hydrogen (secondary N) is 1. The van der Waals surface area contributed by atoms with Gasteiger partial charge in [-0.25, -0.2) is 0 Å². The Bertz CT molecular complexity index is 282. The Balaban J connectivity index is 3.71. The van der Waals surface area contributed by atoms with Gasteiger partial charge in [-0.1, -0.05) is 41.5 Å². The van der Waals surface area contributed by atoms with Crippen molar-refractivity contribution >= 4 is 11.7 Å². The molecule has 0 aromatic heterocycles. The van der Waals surface area contributed by atoms with Gasteiger partial charge in [0.15, 0.2) is 0 Å². The van der Waals surface area contributed by atoms with Crippen LogP contribution in [-0.4, -0.2) is 18.2 Å². The van der Waals surface area contributed by atoms with Gasteiger partial charge in [-0.05, 0) is 18.3 Å². The van der Waals surface area contributed by atoms with Crippen LogP contribution in [0.5, 0.6) is 0 Å². The molecule has 1 amide bonds. The van der Waals surface area contributed by atoms with Gasteiger partial charge in [0.1, 0.15) is 5.78 Å². The van der Waals surface area contributed by atoms with Gasteiger partial charge in [0, 0.05) is 24.8 Å². The second-order valence-electron chi connectivity index (χ2n) is 7.19. The molecule has 0 aromatic carbocycles. The molecule has 0 atom stereocenters. The lowest BCUT2D eigenvalue weighted by molar-refractivity contribution is -0.129. The molecule has 106 valence electrons. The topological polar surface area (TPSA) is 46.2 Å². The van der Waals surface area contributed by atoms with Crippen LogP contribution in [0.2, 0.25) is 0 Å². The van der Waals surface area contributed by atoms with Crippen LogP contribution in [0.25, 0.3) is 0 Å². The minimum Gasteiger partial charge on any atom is -0.356 e. The number of carbonyl (C=O) groups is 2. The summed E-state index contributed by atoms with van der Waals surface area (Å²) >= 11 is 0. The lowest BCUT2D eigenvalue weighted by Crippen LogP contribution is -2.27. The predicted octanol–water partition coefficient (Wildman–Crippen LogP) is 3.32. The van der Waals surface area contributed by atoms with Crippen LogP contribution in [0.15, 0.2) is 0 Å². The Morgan fingerprint density at radius 3 is 1.94 bits per heavy atom. The number of rotatable bonds is 6. The quantitative estimate of drug-likeness (QED) is 0.740. The summed E-state index contributed by atoms with van der Waals surface area (Å²) in [7, 11) is 0. The van der Waals surface area contributed by atoms with E-state index in [2.05, 4.69) is 26.1 Å². The highest BCUT2D eigenvalue weighted by molar-refractivity contribution is 5.88. The molecule has 0 aliphatic carbocycles. The summed E-state index contributed by atoms with van der Waals surface area (Å²) in [6.07, 6.45) is 2.73. The highest BCUT2D eigenvalue weighted by atomic mass is 16.2. The monoisotopic (exact) mass is 255 g/mol. The molecule has 0 aliphatic heterocycles. The van der Waals surface area contributed by atoms with Crippen LogP contribution in [0.1, 0.15) is 67.2 Å². The summed E-state index contributed by atoms with van der Waals surface area (Å²) in [5.41, 5.74) is -0.0283. The van der Waals surface area contributed by atoms with Gasteiger partial charge in [0.05, 0.1) is 0 Å². The SMILES string of the molecule is CC(C)(C)CCCNC(=O)CCC(=O)C(C)(C)C. The molecule has 18 heavy (non-hydrogen) atoms. The van der Waals surface area contributed by atoms with Crippen LogP contribution in [-0.2, 0) is 9.59 Å². The average Bonchev–Trinajstić information content (AvgIpc) is 2.18. The van der Waals surface area contributed by atoms with E-state index in [4.69, 9.17) is 0 Å². The van der Waals surface area contributed by atoms with Crippen molar-refractivity contribution in [2.45, 2.75) is 67.2 Å². The molecule has 0 saturated carbocycles. The van der Waals surface area contributed by atoms with Crippen molar-refractivity contribution in [1.82, 2.24) is 5.32 Å². The van der Waals surface area contributed by atoms with Crippen molar-refractivity contribution in [2.75, 3.05) is 6.54 Å². The van der Waals surface area contributed by atoms with Crippen molar-refractivity contribution in [3.63, 3.8) is 0 Å².